The number of ether oxygens (including phenoxy) is 1. The molecular weight excluding hydrogens is 244 g/mol. The molecule has 0 bridgehead atoms. The highest BCUT2D eigenvalue weighted by Crippen LogP contribution is 2.31. The van der Waals surface area contributed by atoms with Crippen molar-refractivity contribution in [3.8, 4) is 0 Å². The molecule has 0 aromatic carbocycles. The molecule has 0 unspecified atom stereocenters. The molecule has 1 aromatic rings. The van der Waals surface area contributed by atoms with E-state index in [-0.39, 0.29) is 5.97 Å². The van der Waals surface area contributed by atoms with Crippen LogP contribution in [0.5, 0.6) is 0 Å². The number of nitrogens with one attached hydrogen (secondary N) is 1. The molecule has 0 radical (unpaired) electrons. The van der Waals surface area contributed by atoms with Crippen LogP contribution in [-0.4, -0.2) is 35.6 Å². The van der Waals surface area contributed by atoms with Crippen LogP contribution in [0.25, 0.3) is 0 Å². The predicted octanol–water partition coefficient (Wildman–Crippen LogP) is 2.94. The van der Waals surface area contributed by atoms with Crippen molar-refractivity contribution in [2.75, 3.05) is 17.9 Å². The number of carbonyl (C=O) groups excluding carboxylic acids is 1. The Morgan fingerprint density at radius 2 is 2.44 bits per heavy atom. The highest BCUT2D eigenvalue weighted by atomic mass is 32.2. The molecule has 0 saturated heterocycles. The summed E-state index contributed by atoms with van der Waals surface area (Å²) in [6.07, 6.45) is 2.02. The summed E-state index contributed by atoms with van der Waals surface area (Å²) >= 11 is 3.33. The van der Waals surface area contributed by atoms with Crippen LogP contribution >= 0.6 is 23.5 Å². The van der Waals surface area contributed by atoms with Crippen LogP contribution < -0.4 is 0 Å². The van der Waals surface area contributed by atoms with Crippen molar-refractivity contribution in [2.24, 2.45) is 4.99 Å². The second kappa shape index (κ2) is 6.65. The summed E-state index contributed by atoms with van der Waals surface area (Å²) in [4.78, 5) is 19.1. The maximum Gasteiger partial charge on any atom is 0.354 e. The monoisotopic (exact) mass is 258 g/mol. The van der Waals surface area contributed by atoms with Gasteiger partial charge in [-0.15, -0.1) is 11.8 Å². The fraction of sp³-hybridized carbons (Fsp3) is 0.400. The zero-order chi connectivity index (χ0) is 12.0. The van der Waals surface area contributed by atoms with Crippen molar-refractivity contribution in [3.05, 3.63) is 11.8 Å². The molecule has 0 saturated carbocycles. The number of hydrogen-bond acceptors (Lipinski definition) is 5. The number of thioether (sulfide) groups is 2. The van der Waals surface area contributed by atoms with Gasteiger partial charge in [-0.05, 0) is 26.0 Å². The van der Waals surface area contributed by atoms with Crippen molar-refractivity contribution >= 4 is 42.0 Å². The van der Waals surface area contributed by atoms with Crippen molar-refractivity contribution in [1.29, 1.82) is 0 Å². The Bertz CT molecular complexity index is 377. The lowest BCUT2D eigenvalue weighted by Crippen LogP contribution is -2.04. The first kappa shape index (κ1) is 13.2. The molecule has 0 aliphatic carbocycles. The molecule has 0 aliphatic heterocycles. The van der Waals surface area contributed by atoms with Gasteiger partial charge in [0, 0.05) is 5.08 Å². The van der Waals surface area contributed by atoms with E-state index in [1.807, 2.05) is 6.26 Å². The van der Waals surface area contributed by atoms with E-state index >= 15 is 0 Å². The Morgan fingerprint density at radius 3 is 3.00 bits per heavy atom. The van der Waals surface area contributed by atoms with Crippen molar-refractivity contribution in [3.63, 3.8) is 0 Å². The predicted molar refractivity (Wildman–Crippen MR) is 70.2 cm³/mol. The minimum atomic E-state index is -0.358. The number of carbonyl (C=O) groups is 1. The van der Waals surface area contributed by atoms with E-state index in [0.29, 0.717) is 18.1 Å². The third kappa shape index (κ3) is 3.31. The van der Waals surface area contributed by atoms with Crippen molar-refractivity contribution in [2.45, 2.75) is 11.8 Å². The SMILES string of the molecule is C=Nc1[nH]c(C(=O)OCC)cc1SCSC. The number of rotatable bonds is 6. The molecule has 0 aliphatic rings. The maximum absolute atomic E-state index is 11.5. The first-order chi connectivity index (χ1) is 7.72. The molecule has 1 rings (SSSR count). The molecule has 0 fully saturated rings. The van der Waals surface area contributed by atoms with Gasteiger partial charge in [-0.25, -0.2) is 9.79 Å². The standard InChI is InChI=1S/C10H14N2O2S2/c1-4-14-10(13)7-5-8(16-6-15-3)9(11-2)12-7/h5,12H,2,4,6H2,1,3H3. The van der Waals surface area contributed by atoms with Gasteiger partial charge in [0.15, 0.2) is 0 Å². The molecule has 0 spiro atoms. The van der Waals surface area contributed by atoms with Crippen LogP contribution in [-0.2, 0) is 4.74 Å². The Balaban J connectivity index is 2.84. The molecular formula is C10H14N2O2S2. The number of nitrogens with zero attached hydrogens (tertiary/aromatic N) is 1. The first-order valence-corrected chi connectivity index (χ1v) is 7.09. The van der Waals surface area contributed by atoms with Crippen LogP contribution in [0, 0.1) is 0 Å². The Morgan fingerprint density at radius 1 is 1.69 bits per heavy atom. The third-order valence-corrected chi connectivity index (χ3v) is 3.78. The average molecular weight is 258 g/mol. The van der Waals surface area contributed by atoms with Crippen LogP contribution in [0.3, 0.4) is 0 Å². The number of H-pyrrole nitrogens is 1. The molecule has 88 valence electrons. The summed E-state index contributed by atoms with van der Waals surface area (Å²) < 4.78 is 4.90. The molecule has 4 nitrogen and oxygen atoms in total. The molecule has 1 aromatic heterocycles. The summed E-state index contributed by atoms with van der Waals surface area (Å²) in [5, 5.41) is 0.905. The van der Waals surface area contributed by atoms with Gasteiger partial charge in [0.1, 0.15) is 11.5 Å². The highest BCUT2D eigenvalue weighted by molar-refractivity contribution is 8.15. The Hall–Kier alpha value is -0.880. The lowest BCUT2D eigenvalue weighted by Gasteiger charge is -1.96. The number of aromatic nitrogens is 1. The van der Waals surface area contributed by atoms with E-state index in [2.05, 4.69) is 16.7 Å². The van der Waals surface area contributed by atoms with Gasteiger partial charge in [0.25, 0.3) is 0 Å². The lowest BCUT2D eigenvalue weighted by molar-refractivity contribution is 0.0520. The summed E-state index contributed by atoms with van der Waals surface area (Å²) in [6, 6.07) is 1.75. The quantitative estimate of drug-likeness (QED) is 0.369. The lowest BCUT2D eigenvalue weighted by atomic mass is 10.4. The summed E-state index contributed by atoms with van der Waals surface area (Å²) in [6.45, 7) is 5.60. The average Bonchev–Trinajstić information content (AvgIpc) is 2.70. The van der Waals surface area contributed by atoms with Gasteiger partial charge in [0.05, 0.1) is 11.5 Å². The van der Waals surface area contributed by atoms with Gasteiger partial charge in [-0.3, -0.25) is 0 Å². The number of hydrogen-bond donors (Lipinski definition) is 1. The van der Waals surface area contributed by atoms with E-state index < -0.39 is 0 Å². The second-order valence-electron chi connectivity index (χ2n) is 2.83. The molecule has 0 atom stereocenters. The molecule has 16 heavy (non-hydrogen) atoms. The Kier molecular flexibility index (Phi) is 5.48. The third-order valence-electron chi connectivity index (χ3n) is 1.75. The largest absolute Gasteiger partial charge is 0.461 e. The van der Waals surface area contributed by atoms with Crippen molar-refractivity contribution < 1.29 is 9.53 Å². The van der Waals surface area contributed by atoms with E-state index in [1.54, 1.807) is 36.5 Å². The van der Waals surface area contributed by atoms with Gasteiger partial charge < -0.3 is 9.72 Å². The molecule has 0 amide bonds. The van der Waals surface area contributed by atoms with E-state index in [0.717, 1.165) is 9.98 Å². The number of esters is 1. The van der Waals surface area contributed by atoms with Crippen LogP contribution in [0.2, 0.25) is 0 Å². The smallest absolute Gasteiger partial charge is 0.354 e. The molecule has 1 N–H and O–H groups in total. The minimum absolute atomic E-state index is 0.358. The van der Waals surface area contributed by atoms with Gasteiger partial charge in [-0.2, -0.15) is 11.8 Å². The summed E-state index contributed by atoms with van der Waals surface area (Å²) in [5.74, 6) is 0.269. The zero-order valence-corrected chi connectivity index (χ0v) is 10.9. The van der Waals surface area contributed by atoms with Gasteiger partial charge >= 0.3 is 5.97 Å². The highest BCUT2D eigenvalue weighted by Gasteiger charge is 2.13. The van der Waals surface area contributed by atoms with Gasteiger partial charge in [0.2, 0.25) is 0 Å². The van der Waals surface area contributed by atoms with Crippen LogP contribution in [0.4, 0.5) is 5.82 Å². The molecule has 6 heteroatoms. The Labute approximate surface area is 103 Å². The van der Waals surface area contributed by atoms with E-state index in [9.17, 15) is 4.79 Å². The topological polar surface area (TPSA) is 54.5 Å². The maximum atomic E-state index is 11.5. The van der Waals surface area contributed by atoms with Gasteiger partial charge in [-0.1, -0.05) is 0 Å². The molecule has 1 heterocycles. The minimum Gasteiger partial charge on any atom is -0.461 e. The second-order valence-corrected chi connectivity index (χ2v) is 5.07. The van der Waals surface area contributed by atoms with E-state index in [1.165, 1.54) is 0 Å². The van der Waals surface area contributed by atoms with Crippen molar-refractivity contribution in [1.82, 2.24) is 4.98 Å². The fourth-order valence-electron chi connectivity index (χ4n) is 1.09. The summed E-state index contributed by atoms with van der Waals surface area (Å²) in [5.41, 5.74) is 0.424. The first-order valence-electron chi connectivity index (χ1n) is 4.71. The van der Waals surface area contributed by atoms with Crippen LogP contribution in [0.1, 0.15) is 17.4 Å². The fourth-order valence-corrected chi connectivity index (χ4v) is 2.53. The number of aromatic amines is 1. The zero-order valence-electron chi connectivity index (χ0n) is 9.28. The van der Waals surface area contributed by atoms with E-state index in [4.69, 9.17) is 4.74 Å². The van der Waals surface area contributed by atoms with Crippen LogP contribution in [0.15, 0.2) is 16.0 Å². The summed E-state index contributed by atoms with van der Waals surface area (Å²) in [7, 11) is 0. The normalized spacial score (nSPS) is 10.1. The number of aliphatic imine (C=N–C) groups is 1.